The van der Waals surface area contributed by atoms with Gasteiger partial charge in [0.05, 0.1) is 26.8 Å². The minimum atomic E-state index is -3.10. The summed E-state index contributed by atoms with van der Waals surface area (Å²) >= 11 is 0. The number of carbonyl (C=O) groups excluding carboxylic acids is 1. The maximum Gasteiger partial charge on any atom is 0.253 e. The van der Waals surface area contributed by atoms with Crippen molar-refractivity contribution < 1.29 is 13.6 Å². The SMILES string of the molecule is C=S(=O)(O)CCNC(=O)c1ccccc1Nc1cccc(C)c1C. The zero-order chi connectivity index (χ0) is 17.7. The van der Waals surface area contributed by atoms with E-state index in [4.69, 9.17) is 4.55 Å². The average molecular weight is 346 g/mol. The number of nitrogens with one attached hydrogen (secondary N) is 2. The molecule has 2 aromatic carbocycles. The summed E-state index contributed by atoms with van der Waals surface area (Å²) in [5.74, 6) is 2.77. The Bertz CT molecular complexity index is 845. The summed E-state index contributed by atoms with van der Waals surface area (Å²) in [7, 11) is -3.10. The van der Waals surface area contributed by atoms with Gasteiger partial charge in [0.2, 0.25) is 0 Å². The molecule has 6 heteroatoms. The van der Waals surface area contributed by atoms with E-state index in [9.17, 15) is 9.00 Å². The number of rotatable bonds is 6. The first-order valence-corrected chi connectivity index (χ1v) is 9.41. The Hall–Kier alpha value is -2.31. The third-order valence-corrected chi connectivity index (χ3v) is 4.59. The summed E-state index contributed by atoms with van der Waals surface area (Å²) in [4.78, 5) is 12.3. The summed E-state index contributed by atoms with van der Waals surface area (Å²) in [5.41, 5.74) is 4.38. The minimum absolute atomic E-state index is 0.0781. The van der Waals surface area contributed by atoms with Crippen LogP contribution >= 0.6 is 0 Å². The van der Waals surface area contributed by atoms with Gasteiger partial charge in [0.25, 0.3) is 5.91 Å². The third-order valence-electron chi connectivity index (χ3n) is 3.75. The maximum absolute atomic E-state index is 12.3. The van der Waals surface area contributed by atoms with Gasteiger partial charge in [-0.05, 0) is 49.0 Å². The molecule has 2 aromatic rings. The highest BCUT2D eigenvalue weighted by molar-refractivity contribution is 7.95. The smallest absolute Gasteiger partial charge is 0.253 e. The topological polar surface area (TPSA) is 78.4 Å². The fourth-order valence-electron chi connectivity index (χ4n) is 2.24. The molecule has 5 nitrogen and oxygen atoms in total. The van der Waals surface area contributed by atoms with Crippen LogP contribution in [0.1, 0.15) is 21.5 Å². The largest absolute Gasteiger partial charge is 0.355 e. The maximum atomic E-state index is 12.3. The molecule has 0 radical (unpaired) electrons. The molecule has 0 aliphatic rings. The van der Waals surface area contributed by atoms with Crippen molar-refractivity contribution in [3.63, 3.8) is 0 Å². The molecule has 0 heterocycles. The van der Waals surface area contributed by atoms with Gasteiger partial charge in [0, 0.05) is 12.2 Å². The van der Waals surface area contributed by atoms with E-state index < -0.39 is 9.80 Å². The minimum Gasteiger partial charge on any atom is -0.355 e. The van der Waals surface area contributed by atoms with E-state index in [1.54, 1.807) is 12.1 Å². The van der Waals surface area contributed by atoms with Gasteiger partial charge in [0.1, 0.15) is 0 Å². The molecule has 0 spiro atoms. The lowest BCUT2D eigenvalue weighted by Gasteiger charge is -2.15. The molecule has 0 aromatic heterocycles. The van der Waals surface area contributed by atoms with Crippen LogP contribution in [0, 0.1) is 13.8 Å². The van der Waals surface area contributed by atoms with E-state index in [1.807, 2.05) is 44.2 Å². The number of anilines is 2. The van der Waals surface area contributed by atoms with Gasteiger partial charge in [0.15, 0.2) is 0 Å². The average Bonchev–Trinajstić information content (AvgIpc) is 2.51. The van der Waals surface area contributed by atoms with E-state index in [-0.39, 0.29) is 18.2 Å². The quantitative estimate of drug-likeness (QED) is 0.703. The van der Waals surface area contributed by atoms with Crippen molar-refractivity contribution in [1.82, 2.24) is 5.32 Å². The third kappa shape index (κ3) is 4.84. The molecule has 2 rings (SSSR count). The zero-order valence-electron chi connectivity index (χ0n) is 13.8. The number of amides is 1. The monoisotopic (exact) mass is 346 g/mol. The van der Waals surface area contributed by atoms with Gasteiger partial charge >= 0.3 is 0 Å². The summed E-state index contributed by atoms with van der Waals surface area (Å²) in [6, 6.07) is 13.1. The fourth-order valence-corrected chi connectivity index (χ4v) is 2.66. The Morgan fingerprint density at radius 3 is 2.50 bits per heavy atom. The van der Waals surface area contributed by atoms with E-state index in [0.717, 1.165) is 16.8 Å². The van der Waals surface area contributed by atoms with Crippen LogP contribution in [0.3, 0.4) is 0 Å². The van der Waals surface area contributed by atoms with Crippen LogP contribution in [-0.2, 0) is 9.80 Å². The van der Waals surface area contributed by atoms with Crippen LogP contribution in [-0.4, -0.2) is 32.8 Å². The first kappa shape index (κ1) is 18.0. The molecule has 0 saturated heterocycles. The second-order valence-electron chi connectivity index (χ2n) is 5.65. The lowest BCUT2D eigenvalue weighted by molar-refractivity contribution is 0.0957. The Labute approximate surface area is 142 Å². The molecule has 0 aliphatic heterocycles. The Morgan fingerprint density at radius 1 is 1.12 bits per heavy atom. The van der Waals surface area contributed by atoms with E-state index in [1.165, 1.54) is 0 Å². The van der Waals surface area contributed by atoms with Crippen molar-refractivity contribution in [1.29, 1.82) is 0 Å². The Balaban J connectivity index is 2.18. The van der Waals surface area contributed by atoms with Gasteiger partial charge in [-0.2, -0.15) is 0 Å². The highest BCUT2D eigenvalue weighted by Crippen LogP contribution is 2.25. The fraction of sp³-hybridized carbons (Fsp3) is 0.222. The van der Waals surface area contributed by atoms with Crippen LogP contribution in [0.15, 0.2) is 42.5 Å². The van der Waals surface area contributed by atoms with Crippen molar-refractivity contribution in [2.75, 3.05) is 17.6 Å². The van der Waals surface area contributed by atoms with Crippen LogP contribution in [0.4, 0.5) is 11.4 Å². The molecule has 1 atom stereocenters. The normalized spacial score (nSPS) is 13.1. The van der Waals surface area contributed by atoms with Gasteiger partial charge in [-0.15, -0.1) is 0 Å². The number of benzene rings is 2. The van der Waals surface area contributed by atoms with Crippen LogP contribution < -0.4 is 10.6 Å². The van der Waals surface area contributed by atoms with Crippen molar-refractivity contribution in [2.24, 2.45) is 0 Å². The second-order valence-corrected chi connectivity index (χ2v) is 7.60. The van der Waals surface area contributed by atoms with E-state index in [2.05, 4.69) is 16.5 Å². The highest BCUT2D eigenvalue weighted by atomic mass is 32.2. The summed E-state index contributed by atoms with van der Waals surface area (Å²) in [5, 5.41) is 5.94. The standard InChI is InChI=1S/C18H22N2O3S/c1-13-7-6-10-16(14(13)2)20-17-9-5-4-8-15(17)18(21)19-11-12-24(3,22)23/h4-10,20H,3,11-12H2,1-2H3,(H,19,21)(H,22,23). The molecule has 1 unspecified atom stereocenters. The van der Waals surface area contributed by atoms with Crippen LogP contribution in [0.2, 0.25) is 0 Å². The molecule has 0 aliphatic carbocycles. The molecular formula is C18H22N2O3S. The number of para-hydroxylation sites is 1. The number of hydrogen-bond donors (Lipinski definition) is 3. The number of aryl methyl sites for hydroxylation is 1. The van der Waals surface area contributed by atoms with Gasteiger partial charge in [-0.3, -0.25) is 4.79 Å². The van der Waals surface area contributed by atoms with Crippen LogP contribution in [0.5, 0.6) is 0 Å². The first-order chi connectivity index (χ1) is 11.3. The predicted octanol–water partition coefficient (Wildman–Crippen LogP) is 2.97. The molecule has 0 fully saturated rings. The highest BCUT2D eigenvalue weighted by Gasteiger charge is 2.12. The summed E-state index contributed by atoms with van der Waals surface area (Å²) in [6.45, 7) is 4.15. The molecule has 0 bridgehead atoms. The molecule has 3 N–H and O–H groups in total. The van der Waals surface area contributed by atoms with Crippen molar-refractivity contribution >= 4 is 33.0 Å². The summed E-state index contributed by atoms with van der Waals surface area (Å²) < 4.78 is 20.3. The molecule has 128 valence electrons. The second kappa shape index (κ2) is 7.51. The number of carbonyl (C=O) groups is 1. The first-order valence-electron chi connectivity index (χ1n) is 7.56. The van der Waals surface area contributed by atoms with Crippen LogP contribution in [0.25, 0.3) is 0 Å². The lowest BCUT2D eigenvalue weighted by atomic mass is 10.1. The Morgan fingerprint density at radius 2 is 1.79 bits per heavy atom. The van der Waals surface area contributed by atoms with Gasteiger partial charge in [-0.1, -0.05) is 24.3 Å². The van der Waals surface area contributed by atoms with Gasteiger partial charge < -0.3 is 15.2 Å². The lowest BCUT2D eigenvalue weighted by Crippen LogP contribution is -2.29. The zero-order valence-corrected chi connectivity index (χ0v) is 14.7. The van der Waals surface area contributed by atoms with E-state index >= 15 is 0 Å². The van der Waals surface area contributed by atoms with Crippen molar-refractivity contribution in [3.05, 3.63) is 59.2 Å². The van der Waals surface area contributed by atoms with Crippen molar-refractivity contribution in [2.45, 2.75) is 13.8 Å². The number of hydrogen-bond acceptors (Lipinski definition) is 3. The predicted molar refractivity (Wildman–Crippen MR) is 101 cm³/mol. The Kier molecular flexibility index (Phi) is 5.64. The molecule has 0 saturated carbocycles. The van der Waals surface area contributed by atoms with Gasteiger partial charge in [-0.25, -0.2) is 4.21 Å². The molecular weight excluding hydrogens is 324 g/mol. The summed E-state index contributed by atoms with van der Waals surface area (Å²) in [6.07, 6.45) is 0. The molecule has 1 amide bonds. The molecule has 24 heavy (non-hydrogen) atoms. The van der Waals surface area contributed by atoms with Crippen molar-refractivity contribution in [3.8, 4) is 0 Å². The van der Waals surface area contributed by atoms with E-state index in [0.29, 0.717) is 11.3 Å².